The standard InChI is InChI=1S/C8H17NO/c1-3-8(2,9)7-4-5-10-6-7/h7H,3-6,9H2,1-2H3. The van der Waals surface area contributed by atoms with Crippen molar-refractivity contribution in [2.24, 2.45) is 11.7 Å². The molecule has 0 amide bonds. The number of nitrogens with two attached hydrogens (primary N) is 1. The summed E-state index contributed by atoms with van der Waals surface area (Å²) in [6.07, 6.45) is 2.18. The predicted molar refractivity (Wildman–Crippen MR) is 41.8 cm³/mol. The van der Waals surface area contributed by atoms with Gasteiger partial charge in [0.05, 0.1) is 6.61 Å². The van der Waals surface area contributed by atoms with Crippen molar-refractivity contribution in [1.29, 1.82) is 0 Å². The third kappa shape index (κ3) is 1.50. The topological polar surface area (TPSA) is 35.2 Å². The van der Waals surface area contributed by atoms with Crippen LogP contribution in [0.15, 0.2) is 0 Å². The van der Waals surface area contributed by atoms with Crippen molar-refractivity contribution in [3.8, 4) is 0 Å². The Morgan fingerprint density at radius 3 is 2.80 bits per heavy atom. The van der Waals surface area contributed by atoms with Gasteiger partial charge in [0.25, 0.3) is 0 Å². The van der Waals surface area contributed by atoms with Crippen LogP contribution in [-0.4, -0.2) is 18.8 Å². The lowest BCUT2D eigenvalue weighted by molar-refractivity contribution is 0.165. The molecule has 2 N–H and O–H groups in total. The van der Waals surface area contributed by atoms with E-state index < -0.39 is 0 Å². The quantitative estimate of drug-likeness (QED) is 0.629. The summed E-state index contributed by atoms with van der Waals surface area (Å²) in [5.41, 5.74) is 6.04. The second kappa shape index (κ2) is 2.89. The Balaban J connectivity index is 2.45. The molecule has 2 nitrogen and oxygen atoms in total. The van der Waals surface area contributed by atoms with Crippen molar-refractivity contribution < 1.29 is 4.74 Å². The van der Waals surface area contributed by atoms with Gasteiger partial charge in [-0.2, -0.15) is 0 Å². The van der Waals surface area contributed by atoms with Gasteiger partial charge in [-0.05, 0) is 19.8 Å². The minimum Gasteiger partial charge on any atom is -0.381 e. The van der Waals surface area contributed by atoms with Gasteiger partial charge in [-0.3, -0.25) is 0 Å². The Hall–Kier alpha value is -0.0800. The van der Waals surface area contributed by atoms with Gasteiger partial charge in [-0.25, -0.2) is 0 Å². The molecule has 0 saturated carbocycles. The average molecular weight is 143 g/mol. The molecule has 0 aliphatic carbocycles. The molecule has 0 bridgehead atoms. The minimum absolute atomic E-state index is 0.00347. The van der Waals surface area contributed by atoms with E-state index in [0.717, 1.165) is 26.1 Å². The molecule has 1 saturated heterocycles. The van der Waals surface area contributed by atoms with E-state index in [0.29, 0.717) is 5.92 Å². The van der Waals surface area contributed by atoms with E-state index in [-0.39, 0.29) is 5.54 Å². The summed E-state index contributed by atoms with van der Waals surface area (Å²) in [5, 5.41) is 0. The Kier molecular flexibility index (Phi) is 2.32. The molecule has 0 aromatic rings. The molecule has 0 aromatic carbocycles. The largest absolute Gasteiger partial charge is 0.381 e. The van der Waals surface area contributed by atoms with E-state index in [9.17, 15) is 0 Å². The SMILES string of the molecule is CCC(C)(N)C1CCOC1. The molecular weight excluding hydrogens is 126 g/mol. The second-order valence-corrected chi connectivity index (χ2v) is 3.42. The van der Waals surface area contributed by atoms with Crippen LogP contribution in [0.2, 0.25) is 0 Å². The van der Waals surface area contributed by atoms with Crippen LogP contribution in [0.25, 0.3) is 0 Å². The first-order chi connectivity index (χ1) is 4.67. The lowest BCUT2D eigenvalue weighted by Gasteiger charge is -2.28. The highest BCUT2D eigenvalue weighted by Crippen LogP contribution is 2.25. The maximum absolute atomic E-state index is 6.04. The zero-order valence-electron chi connectivity index (χ0n) is 6.89. The first kappa shape index (κ1) is 8.02. The van der Waals surface area contributed by atoms with Gasteiger partial charge >= 0.3 is 0 Å². The lowest BCUT2D eigenvalue weighted by atomic mass is 9.84. The van der Waals surface area contributed by atoms with E-state index in [1.165, 1.54) is 0 Å². The third-order valence-electron chi connectivity index (χ3n) is 2.62. The molecule has 1 aliphatic rings. The average Bonchev–Trinajstić information content (AvgIpc) is 2.38. The van der Waals surface area contributed by atoms with Gasteiger partial charge in [0.2, 0.25) is 0 Å². The Morgan fingerprint density at radius 2 is 2.40 bits per heavy atom. The van der Waals surface area contributed by atoms with Gasteiger partial charge in [-0.15, -0.1) is 0 Å². The van der Waals surface area contributed by atoms with Crippen LogP contribution < -0.4 is 5.73 Å². The summed E-state index contributed by atoms with van der Waals surface area (Å²) >= 11 is 0. The Bertz CT molecular complexity index is 106. The molecule has 2 unspecified atom stereocenters. The van der Waals surface area contributed by atoms with Crippen molar-refractivity contribution >= 4 is 0 Å². The van der Waals surface area contributed by atoms with Crippen LogP contribution in [0.1, 0.15) is 26.7 Å². The second-order valence-electron chi connectivity index (χ2n) is 3.42. The molecule has 1 heterocycles. The molecule has 60 valence electrons. The maximum Gasteiger partial charge on any atom is 0.0512 e. The predicted octanol–water partition coefficient (Wildman–Crippen LogP) is 1.15. The van der Waals surface area contributed by atoms with Crippen molar-refractivity contribution in [3.05, 3.63) is 0 Å². The summed E-state index contributed by atoms with van der Waals surface area (Å²) < 4.78 is 5.27. The van der Waals surface area contributed by atoms with Crippen LogP contribution >= 0.6 is 0 Å². The normalized spacial score (nSPS) is 32.1. The van der Waals surface area contributed by atoms with E-state index >= 15 is 0 Å². The highest BCUT2D eigenvalue weighted by atomic mass is 16.5. The number of hydrogen-bond acceptors (Lipinski definition) is 2. The van der Waals surface area contributed by atoms with Gasteiger partial charge < -0.3 is 10.5 Å². The molecule has 0 aromatic heterocycles. The van der Waals surface area contributed by atoms with Crippen molar-refractivity contribution in [2.75, 3.05) is 13.2 Å². The smallest absolute Gasteiger partial charge is 0.0512 e. The molecule has 10 heavy (non-hydrogen) atoms. The maximum atomic E-state index is 6.04. The van der Waals surface area contributed by atoms with Crippen LogP contribution in [-0.2, 0) is 4.74 Å². The van der Waals surface area contributed by atoms with E-state index in [1.54, 1.807) is 0 Å². The van der Waals surface area contributed by atoms with Crippen LogP contribution in [0.3, 0.4) is 0 Å². The molecule has 0 spiro atoms. The van der Waals surface area contributed by atoms with Gasteiger partial charge in [0.1, 0.15) is 0 Å². The molecular formula is C8H17NO. The zero-order valence-corrected chi connectivity index (χ0v) is 6.89. The summed E-state index contributed by atoms with van der Waals surface area (Å²) in [7, 11) is 0. The summed E-state index contributed by atoms with van der Waals surface area (Å²) in [4.78, 5) is 0. The number of ether oxygens (including phenoxy) is 1. The summed E-state index contributed by atoms with van der Waals surface area (Å²) in [5.74, 6) is 0.581. The molecule has 2 heteroatoms. The van der Waals surface area contributed by atoms with Crippen LogP contribution in [0.5, 0.6) is 0 Å². The van der Waals surface area contributed by atoms with E-state index in [1.807, 2.05) is 0 Å². The minimum atomic E-state index is -0.00347. The molecule has 2 atom stereocenters. The van der Waals surface area contributed by atoms with Crippen molar-refractivity contribution in [3.63, 3.8) is 0 Å². The fraction of sp³-hybridized carbons (Fsp3) is 1.00. The Morgan fingerprint density at radius 1 is 1.70 bits per heavy atom. The van der Waals surface area contributed by atoms with Gasteiger partial charge in [0.15, 0.2) is 0 Å². The van der Waals surface area contributed by atoms with E-state index in [2.05, 4.69) is 13.8 Å². The molecule has 1 fully saturated rings. The first-order valence-electron chi connectivity index (χ1n) is 4.03. The van der Waals surface area contributed by atoms with Gasteiger partial charge in [0, 0.05) is 18.1 Å². The zero-order chi connectivity index (χ0) is 7.61. The van der Waals surface area contributed by atoms with Crippen LogP contribution in [0, 0.1) is 5.92 Å². The fourth-order valence-electron chi connectivity index (χ4n) is 1.34. The van der Waals surface area contributed by atoms with Gasteiger partial charge in [-0.1, -0.05) is 6.92 Å². The van der Waals surface area contributed by atoms with Crippen LogP contribution in [0.4, 0.5) is 0 Å². The lowest BCUT2D eigenvalue weighted by Crippen LogP contribution is -2.43. The van der Waals surface area contributed by atoms with Crippen molar-refractivity contribution in [2.45, 2.75) is 32.2 Å². The van der Waals surface area contributed by atoms with E-state index in [4.69, 9.17) is 10.5 Å². The summed E-state index contributed by atoms with van der Waals surface area (Å²) in [6.45, 7) is 6.02. The van der Waals surface area contributed by atoms with Crippen molar-refractivity contribution in [1.82, 2.24) is 0 Å². The monoisotopic (exact) mass is 143 g/mol. The number of hydrogen-bond donors (Lipinski definition) is 1. The highest BCUT2D eigenvalue weighted by molar-refractivity contribution is 4.87. The highest BCUT2D eigenvalue weighted by Gasteiger charge is 2.31. The molecule has 1 rings (SSSR count). The summed E-state index contributed by atoms with van der Waals surface area (Å²) in [6, 6.07) is 0. The fourth-order valence-corrected chi connectivity index (χ4v) is 1.34. The molecule has 1 aliphatic heterocycles. The first-order valence-corrected chi connectivity index (χ1v) is 4.03. The number of rotatable bonds is 2. The third-order valence-corrected chi connectivity index (χ3v) is 2.62. The molecule has 0 radical (unpaired) electrons. The Labute approximate surface area is 62.7 Å².